The molecule has 2 rings (SSSR count). The molecule has 0 radical (unpaired) electrons. The molecular formula is C8H11N3O2. The number of carboxylic acid groups (broad SMARTS) is 1. The van der Waals surface area contributed by atoms with Crippen LogP contribution in [0.1, 0.15) is 48.0 Å². The van der Waals surface area contributed by atoms with Gasteiger partial charge in [-0.1, -0.05) is 12.8 Å². The Bertz CT molecular complexity index is 315. The van der Waals surface area contributed by atoms with Crippen LogP contribution in [-0.2, 0) is 0 Å². The van der Waals surface area contributed by atoms with Crippen LogP contribution in [-0.4, -0.2) is 26.3 Å². The Morgan fingerprint density at radius 3 is 2.69 bits per heavy atom. The molecular weight excluding hydrogens is 170 g/mol. The minimum absolute atomic E-state index is 0.123. The van der Waals surface area contributed by atoms with E-state index in [1.165, 1.54) is 12.8 Å². The largest absolute Gasteiger partial charge is 0.475 e. The lowest BCUT2D eigenvalue weighted by Gasteiger charge is -2.01. The molecule has 1 aliphatic rings. The number of nitrogens with zero attached hydrogens (tertiary/aromatic N) is 2. The van der Waals surface area contributed by atoms with Crippen molar-refractivity contribution in [2.24, 2.45) is 0 Å². The number of carbonyl (C=O) groups is 1. The van der Waals surface area contributed by atoms with Gasteiger partial charge in [0.1, 0.15) is 5.82 Å². The number of carboxylic acids is 1. The van der Waals surface area contributed by atoms with E-state index >= 15 is 0 Å². The summed E-state index contributed by atoms with van der Waals surface area (Å²) in [6.45, 7) is 0. The minimum atomic E-state index is -1.07. The first-order valence-corrected chi connectivity index (χ1v) is 4.43. The van der Waals surface area contributed by atoms with E-state index in [1.54, 1.807) is 0 Å². The quantitative estimate of drug-likeness (QED) is 0.717. The van der Waals surface area contributed by atoms with Crippen LogP contribution in [0.4, 0.5) is 0 Å². The Hall–Kier alpha value is -1.39. The van der Waals surface area contributed by atoms with Gasteiger partial charge in [0, 0.05) is 5.92 Å². The van der Waals surface area contributed by atoms with Crippen molar-refractivity contribution < 1.29 is 9.90 Å². The third-order valence-corrected chi connectivity index (χ3v) is 2.44. The molecule has 0 atom stereocenters. The predicted octanol–water partition coefficient (Wildman–Crippen LogP) is 1.16. The van der Waals surface area contributed by atoms with Crippen molar-refractivity contribution in [2.75, 3.05) is 0 Å². The maximum absolute atomic E-state index is 10.5. The van der Waals surface area contributed by atoms with E-state index in [0.29, 0.717) is 5.92 Å². The molecule has 1 fully saturated rings. The summed E-state index contributed by atoms with van der Waals surface area (Å²) in [7, 11) is 0. The van der Waals surface area contributed by atoms with Gasteiger partial charge in [0.2, 0.25) is 0 Å². The molecule has 5 heteroatoms. The predicted molar refractivity (Wildman–Crippen MR) is 44.6 cm³/mol. The zero-order chi connectivity index (χ0) is 9.26. The number of aromatic nitrogens is 3. The van der Waals surface area contributed by atoms with Crippen molar-refractivity contribution in [3.05, 3.63) is 11.6 Å². The lowest BCUT2D eigenvalue weighted by atomic mass is 10.1. The first-order chi connectivity index (χ1) is 6.27. The molecule has 13 heavy (non-hydrogen) atoms. The van der Waals surface area contributed by atoms with Crippen LogP contribution in [0.25, 0.3) is 0 Å². The summed E-state index contributed by atoms with van der Waals surface area (Å²) < 4.78 is 0. The number of hydrogen-bond acceptors (Lipinski definition) is 3. The fraction of sp³-hybridized carbons (Fsp3) is 0.625. The molecule has 0 aliphatic heterocycles. The number of rotatable bonds is 2. The molecule has 0 spiro atoms. The Morgan fingerprint density at radius 2 is 2.15 bits per heavy atom. The van der Waals surface area contributed by atoms with Crippen molar-refractivity contribution in [2.45, 2.75) is 31.6 Å². The van der Waals surface area contributed by atoms with Crippen LogP contribution < -0.4 is 0 Å². The van der Waals surface area contributed by atoms with Crippen LogP contribution in [0.2, 0.25) is 0 Å². The van der Waals surface area contributed by atoms with E-state index in [2.05, 4.69) is 15.2 Å². The molecule has 5 nitrogen and oxygen atoms in total. The second-order valence-corrected chi connectivity index (χ2v) is 3.33. The summed E-state index contributed by atoms with van der Waals surface area (Å²) in [5, 5.41) is 14.9. The Labute approximate surface area is 75.2 Å². The minimum Gasteiger partial charge on any atom is -0.475 e. The highest BCUT2D eigenvalue weighted by molar-refractivity contribution is 5.82. The van der Waals surface area contributed by atoms with Gasteiger partial charge >= 0.3 is 5.97 Å². The van der Waals surface area contributed by atoms with Gasteiger partial charge in [-0.15, -0.1) is 5.10 Å². The molecule has 1 aromatic rings. The van der Waals surface area contributed by atoms with Gasteiger partial charge < -0.3 is 5.11 Å². The molecule has 1 saturated carbocycles. The molecule has 70 valence electrons. The van der Waals surface area contributed by atoms with E-state index in [9.17, 15) is 4.79 Å². The van der Waals surface area contributed by atoms with Gasteiger partial charge in [-0.2, -0.15) is 0 Å². The standard InChI is InChI=1S/C8H11N3O2/c12-8(13)7-9-6(10-11-7)5-3-1-2-4-5/h5H,1-4H2,(H,12,13)(H,9,10,11). The van der Waals surface area contributed by atoms with Crippen LogP contribution in [0.15, 0.2) is 0 Å². The molecule has 1 aromatic heterocycles. The van der Waals surface area contributed by atoms with Crippen LogP contribution in [0.5, 0.6) is 0 Å². The first kappa shape index (κ1) is 8.22. The summed E-state index contributed by atoms with van der Waals surface area (Å²) in [4.78, 5) is 14.4. The second-order valence-electron chi connectivity index (χ2n) is 3.33. The Kier molecular flexibility index (Phi) is 2.00. The normalized spacial score (nSPS) is 17.8. The average Bonchev–Trinajstić information content (AvgIpc) is 2.75. The van der Waals surface area contributed by atoms with Gasteiger partial charge in [0.05, 0.1) is 0 Å². The van der Waals surface area contributed by atoms with Gasteiger partial charge in [0.15, 0.2) is 0 Å². The van der Waals surface area contributed by atoms with E-state index < -0.39 is 5.97 Å². The number of aromatic amines is 1. The number of aromatic carboxylic acids is 1. The Morgan fingerprint density at radius 1 is 1.46 bits per heavy atom. The second kappa shape index (κ2) is 3.16. The first-order valence-electron chi connectivity index (χ1n) is 4.43. The number of H-pyrrole nitrogens is 1. The molecule has 0 unspecified atom stereocenters. The van der Waals surface area contributed by atoms with Crippen LogP contribution >= 0.6 is 0 Å². The lowest BCUT2D eigenvalue weighted by molar-refractivity contribution is 0.0684. The van der Waals surface area contributed by atoms with Crippen molar-refractivity contribution in [1.82, 2.24) is 15.2 Å². The number of hydrogen-bond donors (Lipinski definition) is 2. The van der Waals surface area contributed by atoms with E-state index in [4.69, 9.17) is 5.11 Å². The highest BCUT2D eigenvalue weighted by atomic mass is 16.4. The summed E-state index contributed by atoms with van der Waals surface area (Å²) in [5.74, 6) is -0.0714. The van der Waals surface area contributed by atoms with Crippen molar-refractivity contribution in [3.8, 4) is 0 Å². The van der Waals surface area contributed by atoms with Crippen molar-refractivity contribution in [1.29, 1.82) is 0 Å². The third-order valence-electron chi connectivity index (χ3n) is 2.44. The molecule has 1 aliphatic carbocycles. The maximum atomic E-state index is 10.5. The van der Waals surface area contributed by atoms with Gasteiger partial charge in [0.25, 0.3) is 5.82 Å². The number of nitrogens with one attached hydrogen (secondary N) is 1. The van der Waals surface area contributed by atoms with E-state index in [1.807, 2.05) is 0 Å². The van der Waals surface area contributed by atoms with E-state index in [-0.39, 0.29) is 5.82 Å². The SMILES string of the molecule is O=C(O)c1n[nH]c(C2CCCC2)n1. The van der Waals surface area contributed by atoms with Crippen LogP contribution in [0.3, 0.4) is 0 Å². The smallest absolute Gasteiger partial charge is 0.375 e. The van der Waals surface area contributed by atoms with Crippen molar-refractivity contribution in [3.63, 3.8) is 0 Å². The van der Waals surface area contributed by atoms with Gasteiger partial charge in [-0.25, -0.2) is 9.78 Å². The summed E-state index contributed by atoms with van der Waals surface area (Å²) in [6.07, 6.45) is 4.59. The molecule has 1 heterocycles. The van der Waals surface area contributed by atoms with Gasteiger partial charge in [-0.3, -0.25) is 5.10 Å². The monoisotopic (exact) mass is 181 g/mol. The molecule has 0 aromatic carbocycles. The van der Waals surface area contributed by atoms with Crippen LogP contribution in [0, 0.1) is 0 Å². The molecule has 0 bridgehead atoms. The summed E-state index contributed by atoms with van der Waals surface area (Å²) >= 11 is 0. The third kappa shape index (κ3) is 1.54. The molecule has 0 amide bonds. The topological polar surface area (TPSA) is 78.9 Å². The highest BCUT2D eigenvalue weighted by Crippen LogP contribution is 2.31. The summed E-state index contributed by atoms with van der Waals surface area (Å²) in [6, 6.07) is 0. The Balaban J connectivity index is 2.16. The van der Waals surface area contributed by atoms with E-state index in [0.717, 1.165) is 18.7 Å². The van der Waals surface area contributed by atoms with Gasteiger partial charge in [-0.05, 0) is 12.8 Å². The zero-order valence-electron chi connectivity index (χ0n) is 7.16. The fourth-order valence-electron chi connectivity index (χ4n) is 1.75. The lowest BCUT2D eigenvalue weighted by Crippen LogP contribution is -1.99. The summed E-state index contributed by atoms with van der Waals surface area (Å²) in [5.41, 5.74) is 0. The highest BCUT2D eigenvalue weighted by Gasteiger charge is 2.21. The zero-order valence-corrected chi connectivity index (χ0v) is 7.16. The maximum Gasteiger partial charge on any atom is 0.375 e. The molecule has 2 N–H and O–H groups in total. The fourth-order valence-corrected chi connectivity index (χ4v) is 1.75. The molecule has 0 saturated heterocycles. The van der Waals surface area contributed by atoms with Crippen molar-refractivity contribution >= 4 is 5.97 Å². The average molecular weight is 181 g/mol.